The molecular weight excluding hydrogens is 318 g/mol. The molecule has 4 heterocycles. The molecule has 24 heavy (non-hydrogen) atoms. The number of hydrogen-bond acceptors (Lipinski definition) is 4. The van der Waals surface area contributed by atoms with E-state index >= 15 is 0 Å². The van der Waals surface area contributed by atoms with E-state index in [1.807, 2.05) is 17.5 Å². The molecule has 4 rings (SSSR count). The van der Waals surface area contributed by atoms with E-state index in [0.717, 1.165) is 50.1 Å². The largest absolute Gasteiger partial charge is 0.381 e. The van der Waals surface area contributed by atoms with Gasteiger partial charge in [0.25, 0.3) is 0 Å². The molecule has 0 radical (unpaired) electrons. The summed E-state index contributed by atoms with van der Waals surface area (Å²) in [6.45, 7) is 7.27. The highest BCUT2D eigenvalue weighted by molar-refractivity contribution is 7.19. The minimum absolute atomic E-state index is 0.695. The molecule has 1 fully saturated rings. The molecule has 0 amide bonds. The summed E-state index contributed by atoms with van der Waals surface area (Å²) in [6.07, 6.45) is 7.72. The summed E-state index contributed by atoms with van der Waals surface area (Å²) in [5, 5.41) is 0. The maximum atomic E-state index is 5.54. The van der Waals surface area contributed by atoms with Crippen LogP contribution in [0.4, 0.5) is 0 Å². The smallest absolute Gasteiger partial charge is 0.109 e. The molecule has 1 aliphatic heterocycles. The van der Waals surface area contributed by atoms with Crippen molar-refractivity contribution in [2.45, 2.75) is 52.5 Å². The van der Waals surface area contributed by atoms with Crippen molar-refractivity contribution in [2.75, 3.05) is 13.2 Å². The van der Waals surface area contributed by atoms with Crippen LogP contribution in [0.3, 0.4) is 0 Å². The lowest BCUT2D eigenvalue weighted by atomic mass is 10.00. The molecule has 0 bridgehead atoms. The predicted molar refractivity (Wildman–Crippen MR) is 99.8 cm³/mol. The van der Waals surface area contributed by atoms with Gasteiger partial charge in [0.1, 0.15) is 11.3 Å². The van der Waals surface area contributed by atoms with Gasteiger partial charge in [0.15, 0.2) is 0 Å². The number of rotatable bonds is 5. The Labute approximate surface area is 146 Å². The van der Waals surface area contributed by atoms with E-state index < -0.39 is 0 Å². The van der Waals surface area contributed by atoms with Crippen molar-refractivity contribution in [1.29, 1.82) is 0 Å². The molecular formula is C19H25N3OS. The van der Waals surface area contributed by atoms with Gasteiger partial charge < -0.3 is 9.30 Å². The number of imidazole rings is 1. The van der Waals surface area contributed by atoms with Crippen LogP contribution in [0.1, 0.15) is 43.3 Å². The number of hydrogen-bond donors (Lipinski definition) is 0. The van der Waals surface area contributed by atoms with Gasteiger partial charge in [-0.15, -0.1) is 11.3 Å². The first-order valence-corrected chi connectivity index (χ1v) is 9.90. The summed E-state index contributed by atoms with van der Waals surface area (Å²) in [5.41, 5.74) is 3.47. The zero-order valence-electron chi connectivity index (χ0n) is 14.5. The maximum absolute atomic E-state index is 5.54. The second kappa shape index (κ2) is 6.81. The van der Waals surface area contributed by atoms with Crippen LogP contribution in [-0.2, 0) is 17.7 Å². The van der Waals surface area contributed by atoms with E-state index in [1.165, 1.54) is 33.8 Å². The third-order valence-electron chi connectivity index (χ3n) is 4.99. The van der Waals surface area contributed by atoms with Crippen LogP contribution >= 0.6 is 11.3 Å². The van der Waals surface area contributed by atoms with Crippen LogP contribution in [0.2, 0.25) is 0 Å². The van der Waals surface area contributed by atoms with Gasteiger partial charge in [0.05, 0.1) is 21.9 Å². The second-order valence-electron chi connectivity index (χ2n) is 6.86. The lowest BCUT2D eigenvalue weighted by molar-refractivity contribution is 0.0613. The van der Waals surface area contributed by atoms with Crippen LogP contribution in [0.5, 0.6) is 0 Å². The Hall–Kier alpha value is -1.46. The number of aryl methyl sites for hydroxylation is 2. The van der Waals surface area contributed by atoms with Crippen molar-refractivity contribution in [3.8, 4) is 0 Å². The molecule has 1 saturated heterocycles. The monoisotopic (exact) mass is 343 g/mol. The molecule has 0 aromatic carbocycles. The Balaban J connectivity index is 1.82. The summed E-state index contributed by atoms with van der Waals surface area (Å²) in [4.78, 5) is 10.9. The average molecular weight is 343 g/mol. The first-order chi connectivity index (χ1) is 11.8. The second-order valence-corrected chi connectivity index (χ2v) is 8.12. The summed E-state index contributed by atoms with van der Waals surface area (Å²) in [6, 6.07) is 2.19. The Kier molecular flexibility index (Phi) is 4.55. The number of nitrogens with zero attached hydrogens (tertiary/aromatic N) is 3. The highest BCUT2D eigenvalue weighted by atomic mass is 32.1. The van der Waals surface area contributed by atoms with E-state index in [4.69, 9.17) is 9.72 Å². The Bertz CT molecular complexity index is 845. The summed E-state index contributed by atoms with van der Waals surface area (Å²) >= 11 is 1.85. The lowest BCUT2D eigenvalue weighted by Gasteiger charge is -2.23. The van der Waals surface area contributed by atoms with Crippen molar-refractivity contribution >= 4 is 32.6 Å². The molecule has 0 saturated carbocycles. The lowest BCUT2D eigenvalue weighted by Crippen LogP contribution is -2.21. The van der Waals surface area contributed by atoms with E-state index in [-0.39, 0.29) is 0 Å². The maximum Gasteiger partial charge on any atom is 0.109 e. The number of thiophene rings is 1. The van der Waals surface area contributed by atoms with Gasteiger partial charge in [0.2, 0.25) is 0 Å². The van der Waals surface area contributed by atoms with Gasteiger partial charge in [0, 0.05) is 31.1 Å². The van der Waals surface area contributed by atoms with Gasteiger partial charge in [-0.3, -0.25) is 4.98 Å². The predicted octanol–water partition coefficient (Wildman–Crippen LogP) is 4.72. The van der Waals surface area contributed by atoms with Crippen LogP contribution in [0.15, 0.2) is 12.3 Å². The number of aromatic nitrogens is 3. The van der Waals surface area contributed by atoms with Crippen molar-refractivity contribution in [1.82, 2.24) is 14.5 Å². The van der Waals surface area contributed by atoms with Crippen LogP contribution in [0, 0.1) is 12.8 Å². The van der Waals surface area contributed by atoms with Crippen molar-refractivity contribution < 1.29 is 4.74 Å². The van der Waals surface area contributed by atoms with E-state index in [2.05, 4.69) is 29.5 Å². The topological polar surface area (TPSA) is 39.9 Å². The van der Waals surface area contributed by atoms with Crippen LogP contribution in [-0.4, -0.2) is 27.7 Å². The number of pyridine rings is 1. The highest BCUT2D eigenvalue weighted by Crippen LogP contribution is 2.33. The fourth-order valence-electron chi connectivity index (χ4n) is 3.66. The van der Waals surface area contributed by atoms with Crippen molar-refractivity contribution in [3.63, 3.8) is 0 Å². The minimum atomic E-state index is 0.695. The Morgan fingerprint density at radius 3 is 2.92 bits per heavy atom. The fraction of sp³-hybridized carbons (Fsp3) is 0.579. The number of ether oxygens (including phenoxy) is 1. The highest BCUT2D eigenvalue weighted by Gasteiger charge is 2.20. The third-order valence-corrected chi connectivity index (χ3v) is 6.03. The number of unbranched alkanes of at least 4 members (excludes halogenated alkanes) is 1. The first kappa shape index (κ1) is 16.0. The molecule has 1 aliphatic rings. The van der Waals surface area contributed by atoms with Crippen molar-refractivity contribution in [2.24, 2.45) is 5.92 Å². The number of fused-ring (bicyclic) bond motifs is 3. The molecule has 0 atom stereocenters. The van der Waals surface area contributed by atoms with Gasteiger partial charge >= 0.3 is 0 Å². The zero-order chi connectivity index (χ0) is 16.5. The summed E-state index contributed by atoms with van der Waals surface area (Å²) in [7, 11) is 0. The van der Waals surface area contributed by atoms with Crippen LogP contribution < -0.4 is 0 Å². The molecule has 3 aromatic heterocycles. The fourth-order valence-corrected chi connectivity index (χ4v) is 4.68. The standard InChI is InChI=1S/C19H25N3OS/c1-3-4-5-17-21-16-11-20-15-10-13(2)24-19(15)18(16)22(17)12-14-6-8-23-9-7-14/h10-11,14H,3-9,12H2,1-2H3. The van der Waals surface area contributed by atoms with Gasteiger partial charge in [-0.25, -0.2) is 4.98 Å². The molecule has 128 valence electrons. The van der Waals surface area contributed by atoms with Gasteiger partial charge in [-0.2, -0.15) is 0 Å². The average Bonchev–Trinajstić information content (AvgIpc) is 3.13. The molecule has 4 nitrogen and oxygen atoms in total. The van der Waals surface area contributed by atoms with Crippen LogP contribution in [0.25, 0.3) is 21.3 Å². The van der Waals surface area contributed by atoms with E-state index in [9.17, 15) is 0 Å². The molecule has 0 spiro atoms. The summed E-state index contributed by atoms with van der Waals surface area (Å²) < 4.78 is 9.34. The Morgan fingerprint density at radius 1 is 1.29 bits per heavy atom. The van der Waals surface area contributed by atoms with Crippen molar-refractivity contribution in [3.05, 3.63) is 23.0 Å². The SMILES string of the molecule is CCCCc1nc2cnc3cc(C)sc3c2n1CC1CCOCC1. The Morgan fingerprint density at radius 2 is 2.12 bits per heavy atom. The first-order valence-electron chi connectivity index (χ1n) is 9.08. The molecule has 5 heteroatoms. The molecule has 0 unspecified atom stereocenters. The van der Waals surface area contributed by atoms with E-state index in [0.29, 0.717) is 5.92 Å². The minimum Gasteiger partial charge on any atom is -0.381 e. The quantitative estimate of drug-likeness (QED) is 0.673. The van der Waals surface area contributed by atoms with E-state index in [1.54, 1.807) is 0 Å². The zero-order valence-corrected chi connectivity index (χ0v) is 15.4. The molecule has 0 N–H and O–H groups in total. The van der Waals surface area contributed by atoms with Gasteiger partial charge in [-0.05, 0) is 38.2 Å². The normalized spacial score (nSPS) is 16.4. The third kappa shape index (κ3) is 2.95. The molecule has 3 aromatic rings. The summed E-state index contributed by atoms with van der Waals surface area (Å²) in [5.74, 6) is 1.93. The van der Waals surface area contributed by atoms with Gasteiger partial charge in [-0.1, -0.05) is 13.3 Å². The molecule has 0 aliphatic carbocycles.